The van der Waals surface area contributed by atoms with Crippen LogP contribution in [0.4, 0.5) is 19.7 Å². The third kappa shape index (κ3) is 4.75. The van der Waals surface area contributed by atoms with Gasteiger partial charge in [-0.15, -0.1) is 0 Å². The van der Waals surface area contributed by atoms with Crippen LogP contribution >= 0.6 is 22.9 Å². The lowest BCUT2D eigenvalue weighted by Crippen LogP contribution is -2.48. The number of benzene rings is 1. The van der Waals surface area contributed by atoms with Crippen LogP contribution in [-0.2, 0) is 6.54 Å². The van der Waals surface area contributed by atoms with Crippen molar-refractivity contribution >= 4 is 39.8 Å². The minimum absolute atomic E-state index is 0.00462. The molecule has 0 unspecified atom stereocenters. The van der Waals surface area contributed by atoms with Crippen LogP contribution in [0, 0.1) is 10.9 Å². The van der Waals surface area contributed by atoms with Gasteiger partial charge in [0, 0.05) is 32.7 Å². The van der Waals surface area contributed by atoms with E-state index in [4.69, 9.17) is 11.6 Å². The Bertz CT molecular complexity index is 1060. The van der Waals surface area contributed by atoms with Gasteiger partial charge in [-0.3, -0.25) is 9.69 Å². The maximum atomic E-state index is 14.1. The lowest BCUT2D eigenvalue weighted by atomic mass is 10.1. The molecule has 6 nitrogen and oxygen atoms in total. The summed E-state index contributed by atoms with van der Waals surface area (Å²) in [5.41, 5.74) is 0.840. The SMILES string of the molecule is O=C(c1cccc(Cl)c1F)N1CCN(Cc2cccc(Nc3ncc(F)s3)n2)CC1. The van der Waals surface area contributed by atoms with Gasteiger partial charge < -0.3 is 10.2 Å². The second-order valence-electron chi connectivity index (χ2n) is 6.78. The molecule has 30 heavy (non-hydrogen) atoms. The number of aromatic nitrogens is 2. The molecular weight excluding hydrogens is 432 g/mol. The summed E-state index contributed by atoms with van der Waals surface area (Å²) in [6.07, 6.45) is 1.16. The van der Waals surface area contributed by atoms with E-state index in [2.05, 4.69) is 20.2 Å². The number of nitrogens with one attached hydrogen (secondary N) is 1. The van der Waals surface area contributed by atoms with Gasteiger partial charge >= 0.3 is 0 Å². The van der Waals surface area contributed by atoms with Gasteiger partial charge in [-0.25, -0.2) is 14.4 Å². The summed E-state index contributed by atoms with van der Waals surface area (Å²) in [6, 6.07) is 10.0. The minimum Gasteiger partial charge on any atom is -0.336 e. The summed E-state index contributed by atoms with van der Waals surface area (Å²) in [6.45, 7) is 2.87. The number of nitrogens with zero attached hydrogens (tertiary/aromatic N) is 4. The van der Waals surface area contributed by atoms with Crippen molar-refractivity contribution in [1.29, 1.82) is 0 Å². The van der Waals surface area contributed by atoms with Crippen molar-refractivity contribution in [3.63, 3.8) is 0 Å². The van der Waals surface area contributed by atoms with Crippen molar-refractivity contribution in [1.82, 2.24) is 19.8 Å². The van der Waals surface area contributed by atoms with Crippen LogP contribution < -0.4 is 5.32 Å². The Morgan fingerprint density at radius 3 is 2.63 bits per heavy atom. The maximum absolute atomic E-state index is 14.1. The number of rotatable bonds is 5. The van der Waals surface area contributed by atoms with Gasteiger partial charge in [-0.2, -0.15) is 4.39 Å². The molecule has 156 valence electrons. The van der Waals surface area contributed by atoms with Crippen LogP contribution in [0.15, 0.2) is 42.6 Å². The van der Waals surface area contributed by atoms with Crippen LogP contribution in [0.3, 0.4) is 0 Å². The predicted molar refractivity (Wildman–Crippen MR) is 112 cm³/mol. The fourth-order valence-corrected chi connectivity index (χ4v) is 3.96. The number of halogens is 3. The maximum Gasteiger partial charge on any atom is 0.256 e. The van der Waals surface area contributed by atoms with E-state index in [-0.39, 0.29) is 21.6 Å². The molecule has 0 bridgehead atoms. The first-order chi connectivity index (χ1) is 14.5. The van der Waals surface area contributed by atoms with Gasteiger partial charge in [0.25, 0.3) is 5.91 Å². The Hall–Kier alpha value is -2.62. The van der Waals surface area contributed by atoms with Gasteiger partial charge in [-0.05, 0) is 24.3 Å². The second-order valence-corrected chi connectivity index (χ2v) is 8.17. The fourth-order valence-electron chi connectivity index (χ4n) is 3.24. The lowest BCUT2D eigenvalue weighted by molar-refractivity contribution is 0.0622. The van der Waals surface area contributed by atoms with E-state index in [1.165, 1.54) is 12.1 Å². The highest BCUT2D eigenvalue weighted by atomic mass is 35.5. The molecular formula is C20H18ClF2N5OS. The number of carbonyl (C=O) groups excluding carboxylic acids is 1. The first-order valence-corrected chi connectivity index (χ1v) is 10.5. The number of hydrogen-bond donors (Lipinski definition) is 1. The topological polar surface area (TPSA) is 61.4 Å². The molecule has 2 aromatic heterocycles. The number of hydrogen-bond acceptors (Lipinski definition) is 6. The third-order valence-corrected chi connectivity index (χ3v) is 5.74. The first kappa shape index (κ1) is 20.6. The van der Waals surface area contributed by atoms with E-state index < -0.39 is 5.82 Å². The average Bonchev–Trinajstić information content (AvgIpc) is 3.15. The normalized spacial score (nSPS) is 14.7. The van der Waals surface area contributed by atoms with Crippen LogP contribution in [0.25, 0.3) is 0 Å². The highest BCUT2D eigenvalue weighted by molar-refractivity contribution is 7.14. The summed E-state index contributed by atoms with van der Waals surface area (Å²) in [5.74, 6) is -0.443. The summed E-state index contributed by atoms with van der Waals surface area (Å²) in [7, 11) is 0. The summed E-state index contributed by atoms with van der Waals surface area (Å²) < 4.78 is 27.2. The highest BCUT2D eigenvalue weighted by Gasteiger charge is 2.25. The number of carbonyl (C=O) groups is 1. The van der Waals surface area contributed by atoms with Gasteiger partial charge in [0.1, 0.15) is 5.82 Å². The Kier molecular flexibility index (Phi) is 6.21. The number of piperazine rings is 1. The standard InChI is InChI=1S/C20H18ClF2N5OS/c21-15-5-2-4-14(18(15)23)19(29)28-9-7-27(8-10-28)12-13-3-1-6-17(25-13)26-20-24-11-16(22)30-20/h1-6,11H,7-10,12H2,(H,24,25,26). The predicted octanol–water partition coefficient (Wildman–Crippen LogP) is 4.17. The van der Waals surface area contributed by atoms with E-state index in [1.54, 1.807) is 17.0 Å². The quantitative estimate of drug-likeness (QED) is 0.633. The van der Waals surface area contributed by atoms with Crippen molar-refractivity contribution in [3.8, 4) is 0 Å². The first-order valence-electron chi connectivity index (χ1n) is 9.29. The summed E-state index contributed by atoms with van der Waals surface area (Å²) >= 11 is 6.70. The van der Waals surface area contributed by atoms with E-state index in [0.717, 1.165) is 23.2 Å². The highest BCUT2D eigenvalue weighted by Crippen LogP contribution is 2.22. The van der Waals surface area contributed by atoms with E-state index in [1.807, 2.05) is 12.1 Å². The molecule has 1 aliphatic rings. The van der Waals surface area contributed by atoms with E-state index >= 15 is 0 Å². The van der Waals surface area contributed by atoms with Crippen molar-refractivity contribution in [2.75, 3.05) is 31.5 Å². The van der Waals surface area contributed by atoms with Gasteiger partial charge in [0.15, 0.2) is 16.1 Å². The molecule has 10 heteroatoms. The van der Waals surface area contributed by atoms with Gasteiger partial charge in [0.2, 0.25) is 0 Å². The molecule has 3 heterocycles. The Morgan fingerprint density at radius 1 is 1.13 bits per heavy atom. The molecule has 1 aliphatic heterocycles. The van der Waals surface area contributed by atoms with Gasteiger partial charge in [0.05, 0.1) is 22.5 Å². The Balaban J connectivity index is 1.34. The van der Waals surface area contributed by atoms with Crippen molar-refractivity contribution in [2.24, 2.45) is 0 Å². The molecule has 0 aliphatic carbocycles. The smallest absolute Gasteiger partial charge is 0.256 e. The number of amides is 1. The summed E-state index contributed by atoms with van der Waals surface area (Å²) in [4.78, 5) is 24.9. The van der Waals surface area contributed by atoms with Crippen molar-refractivity contribution in [3.05, 3.63) is 69.8 Å². The largest absolute Gasteiger partial charge is 0.336 e. The molecule has 1 aromatic carbocycles. The molecule has 0 spiro atoms. The number of thiazole rings is 1. The molecule has 0 atom stereocenters. The van der Waals surface area contributed by atoms with Crippen molar-refractivity contribution < 1.29 is 13.6 Å². The minimum atomic E-state index is -0.680. The van der Waals surface area contributed by atoms with E-state index in [9.17, 15) is 13.6 Å². The third-order valence-electron chi connectivity index (χ3n) is 4.75. The zero-order valence-corrected chi connectivity index (χ0v) is 17.4. The van der Waals surface area contributed by atoms with Crippen LogP contribution in [-0.4, -0.2) is 51.9 Å². The number of anilines is 2. The Labute approximate surface area is 181 Å². The molecule has 3 aromatic rings. The van der Waals surface area contributed by atoms with Crippen molar-refractivity contribution in [2.45, 2.75) is 6.54 Å². The molecule has 1 amide bonds. The average molecular weight is 450 g/mol. The second kappa shape index (κ2) is 9.03. The molecule has 1 fully saturated rings. The zero-order valence-electron chi connectivity index (χ0n) is 15.8. The van der Waals surface area contributed by atoms with E-state index in [0.29, 0.717) is 43.7 Å². The molecule has 0 saturated carbocycles. The fraction of sp³-hybridized carbons (Fsp3) is 0.250. The Morgan fingerprint density at radius 2 is 1.90 bits per heavy atom. The van der Waals surface area contributed by atoms with Crippen LogP contribution in [0.1, 0.15) is 16.1 Å². The molecule has 1 saturated heterocycles. The molecule has 0 radical (unpaired) electrons. The van der Waals surface area contributed by atoms with Gasteiger partial charge in [-0.1, -0.05) is 35.1 Å². The summed E-state index contributed by atoms with van der Waals surface area (Å²) in [5, 5.41) is 3.01. The van der Waals surface area contributed by atoms with Crippen LogP contribution in [0.5, 0.6) is 0 Å². The number of pyridine rings is 1. The zero-order chi connectivity index (χ0) is 21.1. The lowest BCUT2D eigenvalue weighted by Gasteiger charge is -2.34. The van der Waals surface area contributed by atoms with Crippen LogP contribution in [0.2, 0.25) is 5.02 Å². The monoisotopic (exact) mass is 449 g/mol. The molecule has 4 rings (SSSR count). The molecule has 1 N–H and O–H groups in total.